The zero-order valence-corrected chi connectivity index (χ0v) is 9.90. The molecule has 0 atom stereocenters. The highest BCUT2D eigenvalue weighted by molar-refractivity contribution is 5.69. The number of hydrogen-bond donors (Lipinski definition) is 2. The van der Waals surface area contributed by atoms with Crippen LogP contribution in [0.2, 0.25) is 0 Å². The van der Waals surface area contributed by atoms with Gasteiger partial charge in [-0.2, -0.15) is 5.10 Å². The van der Waals surface area contributed by atoms with E-state index in [-0.39, 0.29) is 6.42 Å². The number of carbonyl (C=O) groups is 1. The van der Waals surface area contributed by atoms with Gasteiger partial charge in [0.2, 0.25) is 0 Å². The summed E-state index contributed by atoms with van der Waals surface area (Å²) >= 11 is 0. The predicted octanol–water partition coefficient (Wildman–Crippen LogP) is 1.74. The first-order valence-corrected chi connectivity index (χ1v) is 5.47. The maximum absolute atomic E-state index is 10.6. The molecule has 0 saturated heterocycles. The highest BCUT2D eigenvalue weighted by Gasteiger charge is 2.16. The second kappa shape index (κ2) is 4.45. The van der Waals surface area contributed by atoms with E-state index in [1.165, 1.54) is 0 Å². The molecule has 0 aliphatic heterocycles. The van der Waals surface area contributed by atoms with Gasteiger partial charge in [0.15, 0.2) is 0 Å². The van der Waals surface area contributed by atoms with Gasteiger partial charge in [-0.05, 0) is 19.1 Å². The molecule has 2 heterocycles. The van der Waals surface area contributed by atoms with Crippen LogP contribution in [-0.2, 0) is 18.3 Å². The van der Waals surface area contributed by atoms with Gasteiger partial charge in [0.05, 0.1) is 12.1 Å². The average molecular weight is 233 g/mol. The minimum Gasteiger partial charge on any atom is -0.481 e. The van der Waals surface area contributed by atoms with E-state index in [1.807, 2.05) is 32.3 Å². The lowest BCUT2D eigenvalue weighted by Crippen LogP contribution is -1.99. The van der Waals surface area contributed by atoms with Crippen LogP contribution in [0.25, 0.3) is 11.3 Å². The Morgan fingerprint density at radius 1 is 1.59 bits per heavy atom. The Balaban J connectivity index is 2.38. The largest absolute Gasteiger partial charge is 0.481 e. The molecule has 0 fully saturated rings. The standard InChI is InChI=1S/C12H15N3O2/c1-8-12(9-4-3-7-13-9)10(14-15(8)2)5-6-11(16)17/h3-4,7,13H,5-6H2,1-2H3,(H,16,17). The Bertz CT molecular complexity index is 526. The summed E-state index contributed by atoms with van der Waals surface area (Å²) < 4.78 is 1.79. The van der Waals surface area contributed by atoms with Gasteiger partial charge in [-0.3, -0.25) is 9.48 Å². The predicted molar refractivity (Wildman–Crippen MR) is 63.7 cm³/mol. The van der Waals surface area contributed by atoms with Crippen molar-refractivity contribution < 1.29 is 9.90 Å². The summed E-state index contributed by atoms with van der Waals surface area (Å²) in [4.78, 5) is 13.8. The molecule has 0 unspecified atom stereocenters. The number of aryl methyl sites for hydroxylation is 2. The molecule has 0 amide bonds. The first-order chi connectivity index (χ1) is 8.09. The number of H-pyrrole nitrogens is 1. The Labute approximate surface area is 99.1 Å². The zero-order chi connectivity index (χ0) is 12.4. The quantitative estimate of drug-likeness (QED) is 0.845. The summed E-state index contributed by atoms with van der Waals surface area (Å²) in [6, 6.07) is 3.89. The summed E-state index contributed by atoms with van der Waals surface area (Å²) in [5.74, 6) is -0.800. The van der Waals surface area contributed by atoms with E-state index < -0.39 is 5.97 Å². The second-order valence-corrected chi connectivity index (χ2v) is 4.01. The van der Waals surface area contributed by atoms with Gasteiger partial charge in [0.1, 0.15) is 0 Å². The first-order valence-electron chi connectivity index (χ1n) is 5.47. The van der Waals surface area contributed by atoms with Crippen LogP contribution in [0.1, 0.15) is 17.8 Å². The topological polar surface area (TPSA) is 70.9 Å². The molecular weight excluding hydrogens is 218 g/mol. The number of carboxylic acids is 1. The number of aliphatic carboxylic acids is 1. The highest BCUT2D eigenvalue weighted by Crippen LogP contribution is 2.26. The SMILES string of the molecule is Cc1c(-c2ccc[nH]2)c(CCC(=O)O)nn1C. The van der Waals surface area contributed by atoms with Crippen LogP contribution in [0, 0.1) is 6.92 Å². The molecule has 5 heteroatoms. The maximum atomic E-state index is 10.6. The average Bonchev–Trinajstić information content (AvgIpc) is 2.86. The number of nitrogens with one attached hydrogen (secondary N) is 1. The van der Waals surface area contributed by atoms with E-state index in [2.05, 4.69) is 10.1 Å². The summed E-state index contributed by atoms with van der Waals surface area (Å²) in [6.07, 6.45) is 2.40. The minimum absolute atomic E-state index is 0.101. The van der Waals surface area contributed by atoms with Crippen LogP contribution >= 0.6 is 0 Å². The second-order valence-electron chi connectivity index (χ2n) is 4.01. The van der Waals surface area contributed by atoms with Crippen molar-refractivity contribution in [2.45, 2.75) is 19.8 Å². The van der Waals surface area contributed by atoms with Crippen molar-refractivity contribution in [1.82, 2.24) is 14.8 Å². The van der Waals surface area contributed by atoms with E-state index in [0.29, 0.717) is 6.42 Å². The van der Waals surface area contributed by atoms with Crippen molar-refractivity contribution in [3.8, 4) is 11.3 Å². The van der Waals surface area contributed by atoms with Crippen LogP contribution < -0.4 is 0 Å². The highest BCUT2D eigenvalue weighted by atomic mass is 16.4. The fourth-order valence-electron chi connectivity index (χ4n) is 1.91. The van der Waals surface area contributed by atoms with Crippen molar-refractivity contribution in [3.63, 3.8) is 0 Å². The lowest BCUT2D eigenvalue weighted by molar-refractivity contribution is -0.136. The zero-order valence-electron chi connectivity index (χ0n) is 9.90. The van der Waals surface area contributed by atoms with E-state index in [9.17, 15) is 4.79 Å². The molecule has 0 aliphatic carbocycles. The van der Waals surface area contributed by atoms with E-state index in [4.69, 9.17) is 5.11 Å². The monoisotopic (exact) mass is 233 g/mol. The maximum Gasteiger partial charge on any atom is 0.303 e. The molecule has 0 radical (unpaired) electrons. The van der Waals surface area contributed by atoms with Crippen LogP contribution in [0.3, 0.4) is 0 Å². The Morgan fingerprint density at radius 3 is 2.94 bits per heavy atom. The molecule has 0 spiro atoms. The molecule has 2 rings (SSSR count). The summed E-state index contributed by atoms with van der Waals surface area (Å²) in [5.41, 5.74) is 3.86. The van der Waals surface area contributed by atoms with Gasteiger partial charge < -0.3 is 10.1 Å². The smallest absolute Gasteiger partial charge is 0.303 e. The molecule has 0 aliphatic rings. The Hall–Kier alpha value is -2.04. The molecule has 2 N–H and O–H groups in total. The van der Waals surface area contributed by atoms with Crippen LogP contribution in [0.5, 0.6) is 0 Å². The fourth-order valence-corrected chi connectivity index (χ4v) is 1.91. The molecule has 2 aromatic heterocycles. The molecule has 0 aromatic carbocycles. The van der Waals surface area contributed by atoms with Crippen molar-refractivity contribution in [2.75, 3.05) is 0 Å². The van der Waals surface area contributed by atoms with E-state index in [1.54, 1.807) is 4.68 Å². The number of carboxylic acid groups (broad SMARTS) is 1. The first kappa shape index (κ1) is 11.4. The fraction of sp³-hybridized carbons (Fsp3) is 0.333. The normalized spacial score (nSPS) is 10.7. The summed E-state index contributed by atoms with van der Waals surface area (Å²) in [6.45, 7) is 1.98. The van der Waals surface area contributed by atoms with Gasteiger partial charge in [-0.1, -0.05) is 0 Å². The number of aromatic amines is 1. The minimum atomic E-state index is -0.800. The molecule has 2 aromatic rings. The van der Waals surface area contributed by atoms with Gasteiger partial charge in [0.25, 0.3) is 0 Å². The number of aromatic nitrogens is 3. The molecule has 5 nitrogen and oxygen atoms in total. The van der Waals surface area contributed by atoms with Crippen LogP contribution in [0.15, 0.2) is 18.3 Å². The van der Waals surface area contributed by atoms with Crippen molar-refractivity contribution in [3.05, 3.63) is 29.7 Å². The van der Waals surface area contributed by atoms with Gasteiger partial charge in [0, 0.05) is 36.6 Å². The van der Waals surface area contributed by atoms with E-state index in [0.717, 1.165) is 22.6 Å². The molecule has 90 valence electrons. The summed E-state index contributed by atoms with van der Waals surface area (Å²) in [7, 11) is 1.87. The lowest BCUT2D eigenvalue weighted by Gasteiger charge is -2.00. The van der Waals surface area contributed by atoms with Crippen LogP contribution in [0.4, 0.5) is 0 Å². The van der Waals surface area contributed by atoms with Gasteiger partial charge >= 0.3 is 5.97 Å². The molecule has 17 heavy (non-hydrogen) atoms. The van der Waals surface area contributed by atoms with Crippen molar-refractivity contribution >= 4 is 5.97 Å². The molecular formula is C12H15N3O2. The third-order valence-corrected chi connectivity index (χ3v) is 2.85. The number of hydrogen-bond acceptors (Lipinski definition) is 2. The third kappa shape index (κ3) is 2.22. The number of rotatable bonds is 4. The van der Waals surface area contributed by atoms with Gasteiger partial charge in [-0.25, -0.2) is 0 Å². The van der Waals surface area contributed by atoms with Crippen molar-refractivity contribution in [1.29, 1.82) is 0 Å². The Kier molecular flexibility index (Phi) is 2.99. The van der Waals surface area contributed by atoms with E-state index >= 15 is 0 Å². The molecule has 0 saturated carbocycles. The van der Waals surface area contributed by atoms with Crippen LogP contribution in [-0.4, -0.2) is 25.8 Å². The Morgan fingerprint density at radius 2 is 2.35 bits per heavy atom. The third-order valence-electron chi connectivity index (χ3n) is 2.85. The number of nitrogens with zero attached hydrogens (tertiary/aromatic N) is 2. The summed E-state index contributed by atoms with van der Waals surface area (Å²) in [5, 5.41) is 13.1. The van der Waals surface area contributed by atoms with Crippen molar-refractivity contribution in [2.24, 2.45) is 7.05 Å². The molecule has 0 bridgehead atoms. The van der Waals surface area contributed by atoms with Gasteiger partial charge in [-0.15, -0.1) is 0 Å². The lowest BCUT2D eigenvalue weighted by atomic mass is 10.1.